The van der Waals surface area contributed by atoms with Crippen molar-refractivity contribution in [3.05, 3.63) is 11.6 Å². The minimum atomic E-state index is -2.23. The fraction of sp³-hybridized carbons (Fsp3) is 0.818. The van der Waals surface area contributed by atoms with Gasteiger partial charge in [-0.2, -0.15) is 0 Å². The maximum Gasteiger partial charge on any atom is 0.341 e. The van der Waals surface area contributed by atoms with Gasteiger partial charge >= 0.3 is 11.9 Å². The van der Waals surface area contributed by atoms with Gasteiger partial charge in [-0.25, -0.2) is 4.79 Å². The maximum atomic E-state index is 12.9. The van der Waals surface area contributed by atoms with Crippen LogP contribution < -0.4 is 0 Å². The fourth-order valence-electron chi connectivity index (χ4n) is 5.11. The first-order valence-electron chi connectivity index (χ1n) is 10.9. The molecule has 7 heteroatoms. The Morgan fingerprint density at radius 2 is 1.93 bits per heavy atom. The number of carbonyl (C=O) groups is 2. The van der Waals surface area contributed by atoms with Gasteiger partial charge in [-0.15, -0.1) is 0 Å². The van der Waals surface area contributed by atoms with Crippen molar-refractivity contribution in [1.29, 1.82) is 0 Å². The van der Waals surface area contributed by atoms with E-state index in [9.17, 15) is 19.8 Å². The molecule has 0 aliphatic carbocycles. The number of rotatable bonds is 5. The quantitative estimate of drug-likeness (QED) is 0.310. The van der Waals surface area contributed by atoms with Gasteiger partial charge in [0, 0.05) is 12.0 Å². The van der Waals surface area contributed by atoms with E-state index in [1.807, 2.05) is 0 Å². The Morgan fingerprint density at radius 1 is 1.21 bits per heavy atom. The average molecular weight is 411 g/mol. The molecule has 6 unspecified atom stereocenters. The number of quaternary nitrogens is 1. The predicted octanol–water partition coefficient (Wildman–Crippen LogP) is 1.70. The van der Waals surface area contributed by atoms with Gasteiger partial charge in [-0.1, -0.05) is 19.8 Å². The van der Waals surface area contributed by atoms with Gasteiger partial charge in [0.2, 0.25) is 0 Å². The van der Waals surface area contributed by atoms with Crippen molar-refractivity contribution in [1.82, 2.24) is 0 Å². The summed E-state index contributed by atoms with van der Waals surface area (Å²) in [6.45, 7) is 8.97. The van der Waals surface area contributed by atoms with Crippen LogP contribution in [-0.2, 0) is 19.1 Å². The fourth-order valence-corrected chi connectivity index (χ4v) is 5.11. The van der Waals surface area contributed by atoms with Gasteiger partial charge in [0.1, 0.15) is 12.2 Å². The minimum absolute atomic E-state index is 0.0198. The lowest BCUT2D eigenvalue weighted by Crippen LogP contribution is -2.61. The standard InChI is InChI=1S/C22H36NO6/c1-5-6-7-8-11-23-12-9-16-14-28-20(25)22(4,27)21(3,26)15(2)19(24)29-17(10-13-23)18(16)23/h9,15,17-18,26-27H,5-8,10-14H2,1-4H3/q+1. The van der Waals surface area contributed by atoms with Crippen LogP contribution in [0.15, 0.2) is 11.6 Å². The second-order valence-electron chi connectivity index (χ2n) is 9.41. The lowest BCUT2D eigenvalue weighted by atomic mass is 9.76. The van der Waals surface area contributed by atoms with Crippen molar-refractivity contribution >= 4 is 11.9 Å². The van der Waals surface area contributed by atoms with Crippen molar-refractivity contribution in [2.45, 2.75) is 83.1 Å². The first-order valence-corrected chi connectivity index (χ1v) is 10.9. The van der Waals surface area contributed by atoms with Gasteiger partial charge in [-0.3, -0.25) is 4.79 Å². The van der Waals surface area contributed by atoms with Crippen molar-refractivity contribution in [3.63, 3.8) is 0 Å². The predicted molar refractivity (Wildman–Crippen MR) is 107 cm³/mol. The molecule has 0 aromatic carbocycles. The summed E-state index contributed by atoms with van der Waals surface area (Å²) < 4.78 is 12.2. The molecule has 7 nitrogen and oxygen atoms in total. The van der Waals surface area contributed by atoms with E-state index < -0.39 is 29.1 Å². The highest BCUT2D eigenvalue weighted by atomic mass is 16.6. The Kier molecular flexibility index (Phi) is 6.14. The summed E-state index contributed by atoms with van der Waals surface area (Å²) in [4.78, 5) is 25.5. The van der Waals surface area contributed by atoms with Gasteiger partial charge in [-0.05, 0) is 39.7 Å². The number of aliphatic hydroxyl groups is 2. The zero-order valence-electron chi connectivity index (χ0n) is 18.1. The maximum absolute atomic E-state index is 12.9. The highest BCUT2D eigenvalue weighted by molar-refractivity contribution is 5.83. The molecule has 0 aromatic rings. The molecule has 29 heavy (non-hydrogen) atoms. The highest BCUT2D eigenvalue weighted by Gasteiger charge is 2.59. The van der Waals surface area contributed by atoms with E-state index in [0.717, 1.165) is 42.5 Å². The van der Waals surface area contributed by atoms with Crippen LogP contribution in [0.3, 0.4) is 0 Å². The average Bonchev–Trinajstić information content (AvgIpc) is 3.20. The van der Waals surface area contributed by atoms with Crippen LogP contribution in [0.5, 0.6) is 0 Å². The van der Waals surface area contributed by atoms with E-state index in [1.54, 1.807) is 0 Å². The van der Waals surface area contributed by atoms with Crippen molar-refractivity contribution in [2.75, 3.05) is 26.2 Å². The third-order valence-electron chi connectivity index (χ3n) is 7.57. The molecule has 3 aliphatic heterocycles. The molecule has 3 heterocycles. The molecule has 3 aliphatic rings. The molecule has 2 saturated heterocycles. The van der Waals surface area contributed by atoms with Crippen molar-refractivity contribution in [3.8, 4) is 0 Å². The molecule has 6 atom stereocenters. The van der Waals surface area contributed by atoms with E-state index in [0.29, 0.717) is 0 Å². The topological polar surface area (TPSA) is 93.1 Å². The molecule has 0 amide bonds. The molecular formula is C22H36NO6+. The van der Waals surface area contributed by atoms with E-state index >= 15 is 0 Å². The van der Waals surface area contributed by atoms with Gasteiger partial charge in [0.25, 0.3) is 0 Å². The van der Waals surface area contributed by atoms with Crippen LogP contribution in [-0.4, -0.2) is 76.2 Å². The van der Waals surface area contributed by atoms with E-state index in [2.05, 4.69) is 13.0 Å². The zero-order chi connectivity index (χ0) is 21.4. The first-order chi connectivity index (χ1) is 13.6. The minimum Gasteiger partial charge on any atom is -0.459 e. The smallest absolute Gasteiger partial charge is 0.341 e. The number of unbranched alkanes of at least 4 members (excludes halogenated alkanes) is 3. The Hall–Kier alpha value is -1.44. The van der Waals surface area contributed by atoms with Crippen LogP contribution >= 0.6 is 0 Å². The lowest BCUT2D eigenvalue weighted by Gasteiger charge is -2.39. The molecule has 0 aromatic heterocycles. The number of ether oxygens (including phenoxy) is 2. The molecule has 2 N–H and O–H groups in total. The summed E-state index contributed by atoms with van der Waals surface area (Å²) in [6.07, 6.45) is 7.24. The van der Waals surface area contributed by atoms with Gasteiger partial charge in [0.15, 0.2) is 17.7 Å². The number of esters is 2. The number of hydrogen-bond donors (Lipinski definition) is 2. The first kappa shape index (κ1) is 22.2. The van der Waals surface area contributed by atoms with E-state index in [1.165, 1.54) is 40.0 Å². The van der Waals surface area contributed by atoms with Crippen molar-refractivity contribution < 1.29 is 33.8 Å². The number of nitrogens with zero attached hydrogens (tertiary/aromatic N) is 1. The molecule has 0 saturated carbocycles. The Balaban J connectivity index is 1.88. The Labute approximate surface area is 173 Å². The molecule has 164 valence electrons. The normalized spacial score (nSPS) is 42.6. The molecule has 0 radical (unpaired) electrons. The summed E-state index contributed by atoms with van der Waals surface area (Å²) in [6, 6.07) is -0.0198. The van der Waals surface area contributed by atoms with Gasteiger partial charge < -0.3 is 24.2 Å². The summed E-state index contributed by atoms with van der Waals surface area (Å²) in [5.41, 5.74) is -3.29. The van der Waals surface area contributed by atoms with Crippen LogP contribution in [0, 0.1) is 5.92 Å². The van der Waals surface area contributed by atoms with Crippen LogP contribution in [0.4, 0.5) is 0 Å². The summed E-state index contributed by atoms with van der Waals surface area (Å²) in [5.74, 6) is -2.59. The van der Waals surface area contributed by atoms with Crippen LogP contribution in [0.25, 0.3) is 0 Å². The largest absolute Gasteiger partial charge is 0.459 e. The Bertz CT molecular complexity index is 685. The molecule has 2 fully saturated rings. The summed E-state index contributed by atoms with van der Waals surface area (Å²) in [5, 5.41) is 21.6. The van der Waals surface area contributed by atoms with E-state index in [4.69, 9.17) is 9.47 Å². The third kappa shape index (κ3) is 3.73. The van der Waals surface area contributed by atoms with Crippen molar-refractivity contribution in [2.24, 2.45) is 5.92 Å². The summed E-state index contributed by atoms with van der Waals surface area (Å²) >= 11 is 0. The molecule has 0 spiro atoms. The van der Waals surface area contributed by atoms with E-state index in [-0.39, 0.29) is 18.8 Å². The highest BCUT2D eigenvalue weighted by Crippen LogP contribution is 2.41. The van der Waals surface area contributed by atoms with Gasteiger partial charge in [0.05, 0.1) is 25.6 Å². The SMILES string of the molecule is CCCCCC[N+]12CC=C3COC(=O)C(C)(O)C(C)(O)C(C)C(=O)OC(CC1)C32. The zero-order valence-corrected chi connectivity index (χ0v) is 18.1. The number of carbonyl (C=O) groups excluding carboxylic acids is 2. The van der Waals surface area contributed by atoms with Crippen LogP contribution in [0.2, 0.25) is 0 Å². The molecule has 0 bridgehead atoms. The lowest BCUT2D eigenvalue weighted by molar-refractivity contribution is -0.925. The summed E-state index contributed by atoms with van der Waals surface area (Å²) in [7, 11) is 0. The second-order valence-corrected chi connectivity index (χ2v) is 9.41. The molecular weight excluding hydrogens is 374 g/mol. The second kappa shape index (κ2) is 8.00. The molecule has 3 rings (SSSR count). The number of hydrogen-bond acceptors (Lipinski definition) is 6. The third-order valence-corrected chi connectivity index (χ3v) is 7.57. The monoisotopic (exact) mass is 410 g/mol. The number of cyclic esters (lactones) is 1. The van der Waals surface area contributed by atoms with Crippen LogP contribution in [0.1, 0.15) is 59.8 Å². The Morgan fingerprint density at radius 3 is 2.62 bits per heavy atom.